The summed E-state index contributed by atoms with van der Waals surface area (Å²) < 4.78 is 38.2. The van der Waals surface area contributed by atoms with E-state index < -0.39 is 15.8 Å². The van der Waals surface area contributed by atoms with Crippen LogP contribution < -0.4 is 10.0 Å². The largest absolute Gasteiger partial charge is 0.382 e. The summed E-state index contributed by atoms with van der Waals surface area (Å²) in [6.07, 6.45) is 8.15. The Morgan fingerprint density at radius 1 is 1.15 bits per heavy atom. The number of anilines is 2. The summed E-state index contributed by atoms with van der Waals surface area (Å²) in [4.78, 5) is 0. The number of halogens is 1. The Bertz CT molecular complexity index is 552. The Morgan fingerprint density at radius 2 is 1.80 bits per heavy atom. The Morgan fingerprint density at radius 3 is 2.40 bits per heavy atom. The second-order valence-electron chi connectivity index (χ2n) is 5.40. The van der Waals surface area contributed by atoms with E-state index >= 15 is 0 Å². The van der Waals surface area contributed by atoms with Crippen LogP contribution >= 0.6 is 0 Å². The molecule has 0 radical (unpaired) electrons. The summed E-state index contributed by atoms with van der Waals surface area (Å²) >= 11 is 0. The molecule has 0 aliphatic heterocycles. The molecule has 1 aromatic rings. The maximum atomic E-state index is 13.6. The van der Waals surface area contributed by atoms with E-state index in [1.165, 1.54) is 37.8 Å². The molecule has 0 heterocycles. The minimum Gasteiger partial charge on any atom is -0.382 e. The minimum atomic E-state index is -3.47. The Kier molecular flexibility index (Phi) is 4.86. The van der Waals surface area contributed by atoms with Crippen LogP contribution in [0.2, 0.25) is 0 Å². The fourth-order valence-corrected chi connectivity index (χ4v) is 3.11. The normalized spacial score (nSPS) is 17.5. The molecule has 1 saturated carbocycles. The second kappa shape index (κ2) is 6.43. The predicted molar refractivity (Wildman–Crippen MR) is 80.0 cm³/mol. The van der Waals surface area contributed by atoms with E-state index in [0.717, 1.165) is 24.8 Å². The van der Waals surface area contributed by atoms with Crippen LogP contribution in [0, 0.1) is 5.82 Å². The summed E-state index contributed by atoms with van der Waals surface area (Å²) in [5.41, 5.74) is 0.746. The molecule has 1 aliphatic carbocycles. The van der Waals surface area contributed by atoms with Gasteiger partial charge in [-0.15, -0.1) is 0 Å². The Hall–Kier alpha value is -1.30. The van der Waals surface area contributed by atoms with Crippen LogP contribution in [0.5, 0.6) is 0 Å². The van der Waals surface area contributed by atoms with Crippen LogP contribution in [0.1, 0.15) is 38.5 Å². The van der Waals surface area contributed by atoms with Gasteiger partial charge in [-0.05, 0) is 31.0 Å². The molecule has 4 nitrogen and oxygen atoms in total. The smallest absolute Gasteiger partial charge is 0.229 e. The second-order valence-corrected chi connectivity index (χ2v) is 7.15. The molecule has 0 amide bonds. The van der Waals surface area contributed by atoms with Gasteiger partial charge in [-0.1, -0.05) is 25.7 Å². The lowest BCUT2D eigenvalue weighted by Gasteiger charge is -2.18. The van der Waals surface area contributed by atoms with Gasteiger partial charge in [0.1, 0.15) is 5.82 Å². The molecule has 1 aromatic carbocycles. The maximum Gasteiger partial charge on any atom is 0.229 e. The highest BCUT2D eigenvalue weighted by molar-refractivity contribution is 7.92. The van der Waals surface area contributed by atoms with Crippen molar-refractivity contribution in [3.8, 4) is 0 Å². The Balaban J connectivity index is 2.10. The molecule has 20 heavy (non-hydrogen) atoms. The first-order valence-electron chi connectivity index (χ1n) is 6.98. The summed E-state index contributed by atoms with van der Waals surface area (Å²) in [7, 11) is -3.47. The van der Waals surface area contributed by atoms with Gasteiger partial charge in [-0.25, -0.2) is 12.8 Å². The number of sulfonamides is 1. The van der Waals surface area contributed by atoms with Gasteiger partial charge < -0.3 is 5.32 Å². The summed E-state index contributed by atoms with van der Waals surface area (Å²) in [5.74, 6) is -0.568. The highest BCUT2D eigenvalue weighted by Gasteiger charge is 2.13. The standard InChI is InChI=1S/C14H21FN2O2S/c1-20(18,19)17-14-10-12(8-9-13(14)15)16-11-6-4-2-3-5-7-11/h8-11,16-17H,2-7H2,1H3. The lowest BCUT2D eigenvalue weighted by Crippen LogP contribution is -2.18. The minimum absolute atomic E-state index is 0.00822. The highest BCUT2D eigenvalue weighted by Crippen LogP contribution is 2.24. The van der Waals surface area contributed by atoms with Crippen molar-refractivity contribution in [2.45, 2.75) is 44.6 Å². The van der Waals surface area contributed by atoms with Crippen molar-refractivity contribution in [1.82, 2.24) is 0 Å². The molecule has 0 atom stereocenters. The van der Waals surface area contributed by atoms with E-state index in [1.807, 2.05) is 0 Å². The van der Waals surface area contributed by atoms with Crippen LogP contribution in [0.15, 0.2) is 18.2 Å². The number of hydrogen-bond acceptors (Lipinski definition) is 3. The zero-order valence-corrected chi connectivity index (χ0v) is 12.5. The van der Waals surface area contributed by atoms with E-state index in [2.05, 4.69) is 10.0 Å². The summed E-state index contributed by atoms with van der Waals surface area (Å²) in [6, 6.07) is 4.83. The predicted octanol–water partition coefficient (Wildman–Crippen LogP) is 3.33. The fraction of sp³-hybridized carbons (Fsp3) is 0.571. The van der Waals surface area contributed by atoms with Crippen molar-refractivity contribution < 1.29 is 12.8 Å². The van der Waals surface area contributed by atoms with E-state index in [1.54, 1.807) is 6.07 Å². The molecule has 2 N–H and O–H groups in total. The van der Waals surface area contributed by atoms with Gasteiger partial charge in [0.05, 0.1) is 11.9 Å². The van der Waals surface area contributed by atoms with Gasteiger partial charge in [0.25, 0.3) is 0 Å². The van der Waals surface area contributed by atoms with Gasteiger partial charge in [-0.2, -0.15) is 0 Å². The van der Waals surface area contributed by atoms with Crippen LogP contribution in [-0.2, 0) is 10.0 Å². The topological polar surface area (TPSA) is 58.2 Å². The summed E-state index contributed by atoms with van der Waals surface area (Å²) in [6.45, 7) is 0. The van der Waals surface area contributed by atoms with Crippen molar-refractivity contribution in [2.75, 3.05) is 16.3 Å². The van der Waals surface area contributed by atoms with E-state index in [-0.39, 0.29) is 5.69 Å². The van der Waals surface area contributed by atoms with Crippen molar-refractivity contribution >= 4 is 21.4 Å². The summed E-state index contributed by atoms with van der Waals surface area (Å²) in [5, 5.41) is 3.37. The van der Waals surface area contributed by atoms with Gasteiger partial charge >= 0.3 is 0 Å². The molecule has 0 unspecified atom stereocenters. The van der Waals surface area contributed by atoms with Crippen molar-refractivity contribution in [2.24, 2.45) is 0 Å². The number of rotatable bonds is 4. The first-order chi connectivity index (χ1) is 9.44. The lowest BCUT2D eigenvalue weighted by molar-refractivity contribution is 0.603. The molecule has 2 rings (SSSR count). The third kappa shape index (κ3) is 4.67. The molecule has 0 saturated heterocycles. The van der Waals surface area contributed by atoms with Gasteiger partial charge in [0, 0.05) is 11.7 Å². The zero-order chi connectivity index (χ0) is 14.6. The average Bonchev–Trinajstić information content (AvgIpc) is 2.60. The lowest BCUT2D eigenvalue weighted by atomic mass is 10.1. The molecule has 1 fully saturated rings. The van der Waals surface area contributed by atoms with Crippen molar-refractivity contribution in [3.63, 3.8) is 0 Å². The third-order valence-corrected chi connectivity index (χ3v) is 4.08. The maximum absolute atomic E-state index is 13.6. The van der Waals surface area contributed by atoms with E-state index in [0.29, 0.717) is 6.04 Å². The SMILES string of the molecule is CS(=O)(=O)Nc1cc(NC2CCCCCC2)ccc1F. The average molecular weight is 300 g/mol. The molecule has 0 aromatic heterocycles. The number of hydrogen-bond donors (Lipinski definition) is 2. The van der Waals surface area contributed by atoms with Crippen LogP contribution in [0.25, 0.3) is 0 Å². The molecule has 1 aliphatic rings. The van der Waals surface area contributed by atoms with Gasteiger partial charge in [0.2, 0.25) is 10.0 Å². The monoisotopic (exact) mass is 300 g/mol. The molecular formula is C14H21FN2O2S. The third-order valence-electron chi connectivity index (χ3n) is 3.49. The van der Waals surface area contributed by atoms with Gasteiger partial charge in [-0.3, -0.25) is 4.72 Å². The quantitative estimate of drug-likeness (QED) is 0.839. The van der Waals surface area contributed by atoms with Crippen LogP contribution in [0.3, 0.4) is 0 Å². The van der Waals surface area contributed by atoms with E-state index in [9.17, 15) is 12.8 Å². The Labute approximate surface area is 119 Å². The van der Waals surface area contributed by atoms with Crippen LogP contribution in [0.4, 0.5) is 15.8 Å². The van der Waals surface area contributed by atoms with E-state index in [4.69, 9.17) is 0 Å². The molecule has 6 heteroatoms. The van der Waals surface area contributed by atoms with Crippen LogP contribution in [-0.4, -0.2) is 20.7 Å². The molecule has 0 spiro atoms. The highest BCUT2D eigenvalue weighted by atomic mass is 32.2. The molecule has 112 valence electrons. The fourth-order valence-electron chi connectivity index (χ4n) is 2.55. The zero-order valence-electron chi connectivity index (χ0n) is 11.7. The number of benzene rings is 1. The molecular weight excluding hydrogens is 279 g/mol. The number of nitrogens with one attached hydrogen (secondary N) is 2. The molecule has 0 bridgehead atoms. The van der Waals surface area contributed by atoms with Gasteiger partial charge in [0.15, 0.2) is 0 Å². The first kappa shape index (κ1) is 15.1. The van der Waals surface area contributed by atoms with Crippen molar-refractivity contribution in [1.29, 1.82) is 0 Å². The van der Waals surface area contributed by atoms with Crippen molar-refractivity contribution in [3.05, 3.63) is 24.0 Å². The first-order valence-corrected chi connectivity index (χ1v) is 8.87.